The molecule has 0 rings (SSSR count). The summed E-state index contributed by atoms with van der Waals surface area (Å²) in [5.74, 6) is 0. The minimum atomic E-state index is -2.15. The molecular weight excluding hydrogens is 194 g/mol. The van der Waals surface area contributed by atoms with E-state index in [2.05, 4.69) is 32.7 Å². The molecule has 0 fully saturated rings. The van der Waals surface area contributed by atoms with Crippen molar-refractivity contribution in [2.45, 2.75) is 52.1 Å². The van der Waals surface area contributed by atoms with Crippen molar-refractivity contribution in [1.29, 1.82) is 0 Å². The Morgan fingerprint density at radius 3 is 1.93 bits per heavy atom. The van der Waals surface area contributed by atoms with Gasteiger partial charge in [0.1, 0.15) is 0 Å². The van der Waals surface area contributed by atoms with E-state index in [4.69, 9.17) is 8.85 Å². The highest BCUT2D eigenvalue weighted by molar-refractivity contribution is 6.64. The van der Waals surface area contributed by atoms with Crippen LogP contribution in [0.5, 0.6) is 0 Å². The van der Waals surface area contributed by atoms with Crippen LogP contribution in [0, 0.1) is 0 Å². The van der Waals surface area contributed by atoms with Gasteiger partial charge in [-0.1, -0.05) is 19.8 Å². The van der Waals surface area contributed by atoms with Crippen LogP contribution >= 0.6 is 0 Å². The van der Waals surface area contributed by atoms with E-state index in [0.717, 1.165) is 12.5 Å². The zero-order valence-electron chi connectivity index (χ0n) is 10.4. The van der Waals surface area contributed by atoms with Gasteiger partial charge in [-0.25, -0.2) is 0 Å². The lowest BCUT2D eigenvalue weighted by atomic mass is 10.1. The van der Waals surface area contributed by atoms with Crippen LogP contribution in [0.4, 0.5) is 0 Å². The molecular formula is C10H25NO2Si. The molecule has 0 heterocycles. The monoisotopic (exact) mass is 219 g/mol. The highest BCUT2D eigenvalue weighted by Crippen LogP contribution is 2.16. The minimum Gasteiger partial charge on any atom is -0.386 e. The molecule has 14 heavy (non-hydrogen) atoms. The van der Waals surface area contributed by atoms with Crippen molar-refractivity contribution in [3.8, 4) is 0 Å². The first-order chi connectivity index (χ1) is 6.39. The fraction of sp³-hybridized carbons (Fsp3) is 1.00. The third-order valence-electron chi connectivity index (χ3n) is 2.08. The Morgan fingerprint density at radius 2 is 1.64 bits per heavy atom. The summed E-state index contributed by atoms with van der Waals surface area (Å²) in [6.07, 6.45) is 2.32. The first-order valence-corrected chi connectivity index (χ1v) is 7.31. The van der Waals surface area contributed by atoms with Gasteiger partial charge in [0.05, 0.1) is 0 Å². The lowest BCUT2D eigenvalue weighted by Crippen LogP contribution is -2.61. The van der Waals surface area contributed by atoms with Crippen molar-refractivity contribution in [3.63, 3.8) is 0 Å². The van der Waals surface area contributed by atoms with Gasteiger partial charge in [-0.15, -0.1) is 0 Å². The van der Waals surface area contributed by atoms with Crippen LogP contribution in [0.15, 0.2) is 0 Å². The third-order valence-corrected chi connectivity index (χ3v) is 5.55. The average molecular weight is 219 g/mol. The minimum absolute atomic E-state index is 0.0476. The Balaban J connectivity index is 4.36. The summed E-state index contributed by atoms with van der Waals surface area (Å²) in [7, 11) is 1.33. The Labute approximate surface area is 89.5 Å². The molecule has 0 unspecified atom stereocenters. The number of unbranched alkanes of at least 4 members (excludes halogenated alkanes) is 1. The molecule has 0 atom stereocenters. The lowest BCUT2D eigenvalue weighted by molar-refractivity contribution is 0.211. The van der Waals surface area contributed by atoms with E-state index in [0.29, 0.717) is 0 Å². The second kappa shape index (κ2) is 5.85. The largest absolute Gasteiger partial charge is 0.424 e. The first kappa shape index (κ1) is 14.1. The first-order valence-electron chi connectivity index (χ1n) is 5.29. The predicted molar refractivity (Wildman–Crippen MR) is 62.4 cm³/mol. The number of rotatable bonds is 6. The molecule has 0 aliphatic heterocycles. The zero-order chi connectivity index (χ0) is 11.2. The molecule has 86 valence electrons. The summed E-state index contributed by atoms with van der Waals surface area (Å²) in [6.45, 7) is 8.60. The molecule has 0 spiro atoms. The summed E-state index contributed by atoms with van der Waals surface area (Å²) in [5, 5.41) is 0. The maximum atomic E-state index is 5.57. The molecule has 0 aliphatic carbocycles. The number of hydrogen-bond donors (Lipinski definition) is 1. The van der Waals surface area contributed by atoms with Gasteiger partial charge in [0.15, 0.2) is 0 Å². The Hall–Kier alpha value is 0.0969. The van der Waals surface area contributed by atoms with Crippen LogP contribution in [0.1, 0.15) is 40.5 Å². The quantitative estimate of drug-likeness (QED) is 0.696. The van der Waals surface area contributed by atoms with E-state index in [9.17, 15) is 0 Å². The highest BCUT2D eigenvalue weighted by Gasteiger charge is 2.38. The molecule has 0 aromatic rings. The van der Waals surface area contributed by atoms with Crippen LogP contribution < -0.4 is 4.98 Å². The maximum Gasteiger partial charge on any atom is 0.424 e. The molecule has 0 radical (unpaired) electrons. The van der Waals surface area contributed by atoms with Gasteiger partial charge in [-0.05, 0) is 20.8 Å². The molecule has 0 saturated carbocycles. The van der Waals surface area contributed by atoms with E-state index in [1.54, 1.807) is 14.2 Å². The third kappa shape index (κ3) is 5.10. The van der Waals surface area contributed by atoms with Crippen molar-refractivity contribution in [2.24, 2.45) is 0 Å². The van der Waals surface area contributed by atoms with E-state index < -0.39 is 8.72 Å². The van der Waals surface area contributed by atoms with E-state index >= 15 is 0 Å². The molecule has 0 amide bonds. The molecule has 1 N–H and O–H groups in total. The fourth-order valence-electron chi connectivity index (χ4n) is 1.43. The van der Waals surface area contributed by atoms with Gasteiger partial charge in [0.2, 0.25) is 0 Å². The summed E-state index contributed by atoms with van der Waals surface area (Å²) in [4.78, 5) is 3.50. The topological polar surface area (TPSA) is 30.5 Å². The molecule has 0 aliphatic rings. The Kier molecular flexibility index (Phi) is 5.89. The van der Waals surface area contributed by atoms with E-state index in [-0.39, 0.29) is 5.54 Å². The average Bonchev–Trinajstić information content (AvgIpc) is 2.10. The second-order valence-electron chi connectivity index (χ2n) is 4.64. The Bertz CT molecular complexity index is 153. The molecule has 4 heteroatoms. The normalized spacial score (nSPS) is 13.3. The van der Waals surface area contributed by atoms with Crippen molar-refractivity contribution in [3.05, 3.63) is 0 Å². The summed E-state index contributed by atoms with van der Waals surface area (Å²) < 4.78 is 11.1. The zero-order valence-corrected chi connectivity index (χ0v) is 11.4. The SMILES string of the molecule is CCCC[Si](NC(C)(C)C)(OC)OC. The fourth-order valence-corrected chi connectivity index (χ4v) is 4.30. The van der Waals surface area contributed by atoms with E-state index in [1.165, 1.54) is 6.42 Å². The van der Waals surface area contributed by atoms with Gasteiger partial charge in [-0.2, -0.15) is 0 Å². The molecule has 0 aromatic heterocycles. The van der Waals surface area contributed by atoms with Crippen LogP contribution in [0.2, 0.25) is 6.04 Å². The standard InChI is InChI=1S/C10H25NO2Si/c1-7-8-9-14(12-5,13-6)11-10(2,3)4/h11H,7-9H2,1-6H3. The molecule has 0 aromatic carbocycles. The van der Waals surface area contributed by atoms with Crippen molar-refractivity contribution < 1.29 is 8.85 Å². The van der Waals surface area contributed by atoms with Gasteiger partial charge in [0, 0.05) is 25.8 Å². The molecule has 0 saturated heterocycles. The van der Waals surface area contributed by atoms with Crippen molar-refractivity contribution in [1.82, 2.24) is 4.98 Å². The second-order valence-corrected chi connectivity index (χ2v) is 7.71. The molecule has 0 bridgehead atoms. The van der Waals surface area contributed by atoms with Gasteiger partial charge < -0.3 is 8.85 Å². The lowest BCUT2D eigenvalue weighted by Gasteiger charge is -2.34. The summed E-state index contributed by atoms with van der Waals surface area (Å²) in [5.41, 5.74) is 0.0476. The van der Waals surface area contributed by atoms with Gasteiger partial charge in [0.25, 0.3) is 0 Å². The van der Waals surface area contributed by atoms with Crippen LogP contribution in [-0.2, 0) is 8.85 Å². The van der Waals surface area contributed by atoms with Crippen LogP contribution in [0.3, 0.4) is 0 Å². The summed E-state index contributed by atoms with van der Waals surface area (Å²) in [6, 6.07) is 1.01. The number of hydrogen-bond acceptors (Lipinski definition) is 3. The molecule has 3 nitrogen and oxygen atoms in total. The summed E-state index contributed by atoms with van der Waals surface area (Å²) >= 11 is 0. The van der Waals surface area contributed by atoms with Gasteiger partial charge in [-0.3, -0.25) is 4.98 Å². The van der Waals surface area contributed by atoms with Crippen molar-refractivity contribution in [2.75, 3.05) is 14.2 Å². The van der Waals surface area contributed by atoms with Gasteiger partial charge >= 0.3 is 8.72 Å². The number of nitrogens with one attached hydrogen (secondary N) is 1. The smallest absolute Gasteiger partial charge is 0.386 e. The predicted octanol–water partition coefficient (Wildman–Crippen LogP) is 2.41. The van der Waals surface area contributed by atoms with Crippen molar-refractivity contribution >= 4 is 8.72 Å². The van der Waals surface area contributed by atoms with E-state index in [1.807, 2.05) is 0 Å². The van der Waals surface area contributed by atoms with Crippen LogP contribution in [0.25, 0.3) is 0 Å². The Morgan fingerprint density at radius 1 is 1.14 bits per heavy atom. The van der Waals surface area contributed by atoms with Crippen LogP contribution in [-0.4, -0.2) is 28.5 Å². The maximum absolute atomic E-state index is 5.57. The highest BCUT2D eigenvalue weighted by atomic mass is 28.4.